The molecule has 2 aromatic rings. The lowest BCUT2D eigenvalue weighted by molar-refractivity contribution is 0.0946. The van der Waals surface area contributed by atoms with Crippen molar-refractivity contribution in [2.45, 2.75) is 59.5 Å². The van der Waals surface area contributed by atoms with Crippen LogP contribution >= 0.6 is 0 Å². The van der Waals surface area contributed by atoms with Crippen LogP contribution in [0.2, 0.25) is 0 Å². The Morgan fingerprint density at radius 1 is 1.21 bits per heavy atom. The molecule has 1 N–H and O–H groups in total. The van der Waals surface area contributed by atoms with Crippen molar-refractivity contribution < 1.29 is 4.79 Å². The summed E-state index contributed by atoms with van der Waals surface area (Å²) >= 11 is 0. The zero-order chi connectivity index (χ0) is 19.9. The summed E-state index contributed by atoms with van der Waals surface area (Å²) in [5.74, 6) is 2.73. The van der Waals surface area contributed by atoms with Gasteiger partial charge in [0.1, 0.15) is 11.6 Å². The first kappa shape index (κ1) is 20.5. The predicted molar refractivity (Wildman–Crippen MR) is 111 cm³/mol. The number of nitrogens with one attached hydrogen (secondary N) is 1. The van der Waals surface area contributed by atoms with E-state index in [-0.39, 0.29) is 5.91 Å². The molecule has 1 amide bonds. The summed E-state index contributed by atoms with van der Waals surface area (Å²) in [6, 6.07) is 7.74. The van der Waals surface area contributed by atoms with Gasteiger partial charge in [0.2, 0.25) is 0 Å². The molecule has 0 aliphatic carbocycles. The number of rotatable bonds is 8. The zero-order valence-electron chi connectivity index (χ0n) is 17.4. The van der Waals surface area contributed by atoms with E-state index in [2.05, 4.69) is 31.9 Å². The average molecular weight is 384 g/mol. The van der Waals surface area contributed by atoms with Gasteiger partial charge in [0.15, 0.2) is 0 Å². The molecular formula is C22H33N5O. The van der Waals surface area contributed by atoms with Crippen LogP contribution in [0.25, 0.3) is 0 Å². The van der Waals surface area contributed by atoms with Crippen LogP contribution in [0.5, 0.6) is 0 Å². The van der Waals surface area contributed by atoms with Crippen molar-refractivity contribution in [3.63, 3.8) is 0 Å². The van der Waals surface area contributed by atoms with Crippen molar-refractivity contribution in [1.29, 1.82) is 0 Å². The Hall–Kier alpha value is -2.21. The van der Waals surface area contributed by atoms with E-state index in [1.165, 1.54) is 18.4 Å². The molecule has 1 aromatic carbocycles. The Morgan fingerprint density at radius 2 is 2.00 bits per heavy atom. The van der Waals surface area contributed by atoms with Crippen molar-refractivity contribution >= 4 is 5.91 Å². The molecule has 3 rings (SSSR count). The monoisotopic (exact) mass is 383 g/mol. The molecule has 0 radical (unpaired) electrons. The number of carbonyl (C=O) groups is 1. The number of likely N-dealkylation sites (tertiary alicyclic amines) is 1. The minimum atomic E-state index is 0.0239. The van der Waals surface area contributed by atoms with E-state index in [0.717, 1.165) is 62.8 Å². The van der Waals surface area contributed by atoms with Crippen molar-refractivity contribution in [3.05, 3.63) is 47.0 Å². The van der Waals surface area contributed by atoms with Crippen molar-refractivity contribution in [2.75, 3.05) is 19.6 Å². The van der Waals surface area contributed by atoms with Crippen LogP contribution in [0.15, 0.2) is 24.3 Å². The van der Waals surface area contributed by atoms with Gasteiger partial charge < -0.3 is 9.88 Å². The molecule has 2 heterocycles. The molecule has 152 valence electrons. The number of piperidine rings is 1. The third-order valence-electron chi connectivity index (χ3n) is 5.58. The van der Waals surface area contributed by atoms with E-state index in [4.69, 9.17) is 0 Å². The lowest BCUT2D eigenvalue weighted by atomic mass is 9.94. The van der Waals surface area contributed by atoms with Crippen LogP contribution in [0.1, 0.15) is 60.2 Å². The van der Waals surface area contributed by atoms with Gasteiger partial charge in [0.25, 0.3) is 5.91 Å². The van der Waals surface area contributed by atoms with Crippen LogP contribution in [0.3, 0.4) is 0 Å². The van der Waals surface area contributed by atoms with Gasteiger partial charge in [-0.2, -0.15) is 0 Å². The zero-order valence-corrected chi connectivity index (χ0v) is 17.4. The summed E-state index contributed by atoms with van der Waals surface area (Å²) in [5, 5.41) is 11.7. The Bertz CT molecular complexity index is 768. The fourth-order valence-electron chi connectivity index (χ4n) is 3.98. The van der Waals surface area contributed by atoms with Gasteiger partial charge in [-0.1, -0.05) is 24.6 Å². The second kappa shape index (κ2) is 9.82. The van der Waals surface area contributed by atoms with Crippen molar-refractivity contribution in [2.24, 2.45) is 5.92 Å². The lowest BCUT2D eigenvalue weighted by Gasteiger charge is -2.32. The Kier molecular flexibility index (Phi) is 7.20. The maximum atomic E-state index is 12.3. The Balaban J connectivity index is 1.46. The number of hydrogen-bond acceptors (Lipinski definition) is 4. The fraction of sp³-hybridized carbons (Fsp3) is 0.591. The van der Waals surface area contributed by atoms with Crippen molar-refractivity contribution in [1.82, 2.24) is 25.0 Å². The average Bonchev–Trinajstić information content (AvgIpc) is 3.03. The van der Waals surface area contributed by atoms with Crippen LogP contribution in [-0.2, 0) is 13.1 Å². The highest BCUT2D eigenvalue weighted by Crippen LogP contribution is 2.21. The number of nitrogens with zero attached hydrogens (tertiary/aromatic N) is 4. The molecule has 6 heteroatoms. The number of benzene rings is 1. The molecule has 0 spiro atoms. The number of carbonyl (C=O) groups excluding carboxylic acids is 1. The first-order valence-electron chi connectivity index (χ1n) is 10.5. The summed E-state index contributed by atoms with van der Waals surface area (Å²) in [6.45, 7) is 11.0. The van der Waals surface area contributed by atoms with Gasteiger partial charge in [0.05, 0.1) is 6.54 Å². The summed E-state index contributed by atoms with van der Waals surface area (Å²) in [4.78, 5) is 14.8. The third-order valence-corrected chi connectivity index (χ3v) is 5.58. The van der Waals surface area contributed by atoms with E-state index in [9.17, 15) is 4.79 Å². The third kappa shape index (κ3) is 5.41. The van der Waals surface area contributed by atoms with E-state index >= 15 is 0 Å². The number of aromatic nitrogens is 3. The standard InChI is InChI=1S/C22H33N5O/c1-4-13-27-18(3)24-25-21(27)16-26-14-5-6-19(15-26)11-12-23-22(28)20-9-7-17(2)8-10-20/h7-10,19H,4-6,11-16H2,1-3H3,(H,23,28). The van der Waals surface area contributed by atoms with E-state index in [1.807, 2.05) is 38.1 Å². The van der Waals surface area contributed by atoms with Crippen molar-refractivity contribution in [3.8, 4) is 0 Å². The SMILES string of the molecule is CCCn1c(C)nnc1CN1CCCC(CCNC(=O)c2ccc(C)cc2)C1. The normalized spacial score (nSPS) is 17.6. The first-order valence-corrected chi connectivity index (χ1v) is 10.5. The molecule has 0 bridgehead atoms. The molecule has 1 aliphatic heterocycles. The Morgan fingerprint density at radius 3 is 2.75 bits per heavy atom. The van der Waals surface area contributed by atoms with Gasteiger partial charge >= 0.3 is 0 Å². The topological polar surface area (TPSA) is 63.1 Å². The number of aryl methyl sites for hydroxylation is 2. The van der Waals surface area contributed by atoms with E-state index < -0.39 is 0 Å². The summed E-state index contributed by atoms with van der Waals surface area (Å²) in [5.41, 5.74) is 1.91. The summed E-state index contributed by atoms with van der Waals surface area (Å²) in [7, 11) is 0. The van der Waals surface area contributed by atoms with Gasteiger partial charge in [0, 0.05) is 25.2 Å². The van der Waals surface area contributed by atoms with E-state index in [1.54, 1.807) is 0 Å². The highest BCUT2D eigenvalue weighted by atomic mass is 16.1. The van der Waals surface area contributed by atoms with Gasteiger partial charge in [-0.3, -0.25) is 9.69 Å². The van der Waals surface area contributed by atoms with Gasteiger partial charge in [-0.25, -0.2) is 0 Å². The summed E-state index contributed by atoms with van der Waals surface area (Å²) < 4.78 is 2.24. The summed E-state index contributed by atoms with van der Waals surface area (Å²) in [6.07, 6.45) is 4.55. The molecule has 1 saturated heterocycles. The van der Waals surface area contributed by atoms with Crippen LogP contribution in [0, 0.1) is 19.8 Å². The second-order valence-electron chi connectivity index (χ2n) is 7.97. The minimum Gasteiger partial charge on any atom is -0.352 e. The molecular weight excluding hydrogens is 350 g/mol. The van der Waals surface area contributed by atoms with Crippen LogP contribution < -0.4 is 5.32 Å². The van der Waals surface area contributed by atoms with E-state index in [0.29, 0.717) is 5.92 Å². The minimum absolute atomic E-state index is 0.0239. The Labute approximate surface area is 168 Å². The maximum absolute atomic E-state index is 12.3. The highest BCUT2D eigenvalue weighted by molar-refractivity contribution is 5.94. The molecule has 1 aliphatic rings. The first-order chi connectivity index (χ1) is 13.6. The van der Waals surface area contributed by atoms with Crippen LogP contribution in [0.4, 0.5) is 0 Å². The number of amides is 1. The van der Waals surface area contributed by atoms with Gasteiger partial charge in [-0.05, 0) is 64.1 Å². The molecule has 0 saturated carbocycles. The quantitative estimate of drug-likeness (QED) is 0.759. The predicted octanol–water partition coefficient (Wildman–Crippen LogP) is 3.34. The molecule has 1 aromatic heterocycles. The maximum Gasteiger partial charge on any atom is 0.251 e. The lowest BCUT2D eigenvalue weighted by Crippen LogP contribution is -2.37. The molecule has 6 nitrogen and oxygen atoms in total. The highest BCUT2D eigenvalue weighted by Gasteiger charge is 2.22. The second-order valence-corrected chi connectivity index (χ2v) is 7.97. The fourth-order valence-corrected chi connectivity index (χ4v) is 3.98. The van der Waals surface area contributed by atoms with Gasteiger partial charge in [-0.15, -0.1) is 10.2 Å². The molecule has 1 unspecified atom stereocenters. The molecule has 28 heavy (non-hydrogen) atoms. The molecule has 1 fully saturated rings. The molecule has 1 atom stereocenters. The smallest absolute Gasteiger partial charge is 0.251 e. The van der Waals surface area contributed by atoms with Crippen LogP contribution in [-0.4, -0.2) is 45.2 Å². The number of hydrogen-bond donors (Lipinski definition) is 1. The largest absolute Gasteiger partial charge is 0.352 e.